The van der Waals surface area contributed by atoms with Crippen molar-refractivity contribution in [2.75, 3.05) is 18.0 Å². The van der Waals surface area contributed by atoms with Crippen molar-refractivity contribution >= 4 is 28.2 Å². The summed E-state index contributed by atoms with van der Waals surface area (Å²) in [5.41, 5.74) is 2.75. The molecule has 2 aromatic rings. The van der Waals surface area contributed by atoms with E-state index in [4.69, 9.17) is 4.42 Å². The molecule has 2 heterocycles. The van der Waals surface area contributed by atoms with E-state index in [2.05, 4.69) is 23.5 Å². The van der Waals surface area contributed by atoms with Gasteiger partial charge < -0.3 is 13.9 Å². The summed E-state index contributed by atoms with van der Waals surface area (Å²) in [5.74, 6) is 0.632. The maximum Gasteiger partial charge on any atom is 0.200 e. The highest BCUT2D eigenvalue weighted by atomic mass is 32.2. The summed E-state index contributed by atoms with van der Waals surface area (Å²) in [6.07, 6.45) is 2.13. The van der Waals surface area contributed by atoms with E-state index in [0.717, 1.165) is 37.1 Å². The van der Waals surface area contributed by atoms with Crippen molar-refractivity contribution in [1.82, 2.24) is 4.72 Å². The van der Waals surface area contributed by atoms with Gasteiger partial charge in [0.15, 0.2) is 11.3 Å². The fraction of sp³-hybridized carbons (Fsp3) is 0.609. The molecule has 5 nitrogen and oxygen atoms in total. The van der Waals surface area contributed by atoms with Gasteiger partial charge in [-0.2, -0.15) is 0 Å². The highest BCUT2D eigenvalue weighted by Crippen LogP contribution is 2.34. The number of hydrogen-bond donors (Lipinski definition) is 1. The zero-order valence-electron chi connectivity index (χ0n) is 18.7. The summed E-state index contributed by atoms with van der Waals surface area (Å²) in [5, 5.41) is 0.580. The minimum absolute atomic E-state index is 0.0276. The van der Waals surface area contributed by atoms with Crippen LogP contribution in [-0.4, -0.2) is 22.4 Å². The van der Waals surface area contributed by atoms with Crippen LogP contribution < -0.4 is 15.1 Å². The van der Waals surface area contributed by atoms with Gasteiger partial charge in [-0.3, -0.25) is 4.79 Å². The molecule has 1 N–H and O–H groups in total. The van der Waals surface area contributed by atoms with E-state index in [9.17, 15) is 9.35 Å². The Labute approximate surface area is 177 Å². The Kier molecular flexibility index (Phi) is 6.10. The first-order valence-electron chi connectivity index (χ1n) is 10.4. The topological polar surface area (TPSA) is 68.5 Å². The summed E-state index contributed by atoms with van der Waals surface area (Å²) in [7, 11) is 0. The standard InChI is InChI=1S/C23H34N2O3S/c1-15-12-17(16(2)24-29(27)22(3,4)5)21-18(13-15)19(26)14-20(28-21)25-10-8-23(6,7)9-11-25/h12-14,16,24H,8-11H2,1-7H3/t16-,29-/m1/s1. The average molecular weight is 419 g/mol. The maximum absolute atomic E-state index is 12.9. The summed E-state index contributed by atoms with van der Waals surface area (Å²) in [6, 6.07) is 5.30. The molecule has 29 heavy (non-hydrogen) atoms. The van der Waals surface area contributed by atoms with E-state index in [1.807, 2.05) is 46.8 Å². The molecule has 1 saturated heterocycles. The van der Waals surface area contributed by atoms with Crippen molar-refractivity contribution < 1.29 is 8.97 Å². The van der Waals surface area contributed by atoms with Gasteiger partial charge in [-0.15, -0.1) is 4.72 Å². The molecular formula is C23H34N2O3S. The predicted octanol–water partition coefficient (Wildman–Crippen LogP) is 4.84. The van der Waals surface area contributed by atoms with Crippen LogP contribution in [0.25, 0.3) is 11.0 Å². The van der Waals surface area contributed by atoms with Crippen LogP contribution >= 0.6 is 0 Å². The number of rotatable bonds is 4. The number of nitrogens with one attached hydrogen (secondary N) is 1. The molecule has 3 rings (SSSR count). The molecular weight excluding hydrogens is 384 g/mol. The Morgan fingerprint density at radius 2 is 1.83 bits per heavy atom. The largest absolute Gasteiger partial charge is 0.598 e. The van der Waals surface area contributed by atoms with Gasteiger partial charge in [0.1, 0.15) is 10.3 Å². The number of anilines is 1. The van der Waals surface area contributed by atoms with E-state index in [1.165, 1.54) is 0 Å². The van der Waals surface area contributed by atoms with Crippen LogP contribution in [0.4, 0.5) is 5.88 Å². The Hall–Kier alpha value is -1.50. The van der Waals surface area contributed by atoms with Crippen LogP contribution in [-0.2, 0) is 11.4 Å². The molecule has 0 aliphatic carbocycles. The SMILES string of the molecule is Cc1cc([C@@H](C)N[S@+]([O-])C(C)(C)C)c2oc(N3CCC(C)(C)CC3)cc(=O)c2c1. The minimum Gasteiger partial charge on any atom is -0.598 e. The zero-order valence-corrected chi connectivity index (χ0v) is 19.5. The Morgan fingerprint density at radius 3 is 2.41 bits per heavy atom. The normalized spacial score (nSPS) is 19.4. The second kappa shape index (κ2) is 7.97. The minimum atomic E-state index is -1.22. The predicted molar refractivity (Wildman–Crippen MR) is 122 cm³/mol. The summed E-state index contributed by atoms with van der Waals surface area (Å²) < 4.78 is 21.7. The van der Waals surface area contributed by atoms with Crippen LogP contribution in [0.1, 0.15) is 71.6 Å². The van der Waals surface area contributed by atoms with Crippen LogP contribution in [0.3, 0.4) is 0 Å². The third kappa shape index (κ3) is 4.98. The van der Waals surface area contributed by atoms with Crippen LogP contribution in [0.2, 0.25) is 0 Å². The molecule has 0 unspecified atom stereocenters. The molecule has 160 valence electrons. The van der Waals surface area contributed by atoms with Crippen molar-refractivity contribution in [3.05, 3.63) is 39.5 Å². The molecule has 1 fully saturated rings. The first kappa shape index (κ1) is 22.2. The number of piperidine rings is 1. The van der Waals surface area contributed by atoms with Gasteiger partial charge in [0.05, 0.1) is 11.4 Å². The molecule has 0 radical (unpaired) electrons. The second-order valence-corrected chi connectivity index (χ2v) is 12.0. The fourth-order valence-corrected chi connectivity index (χ4v) is 4.43. The van der Waals surface area contributed by atoms with E-state index in [0.29, 0.717) is 22.3 Å². The van der Waals surface area contributed by atoms with Gasteiger partial charge in [0, 0.05) is 36.1 Å². The molecule has 0 saturated carbocycles. The number of fused-ring (bicyclic) bond motifs is 1. The lowest BCUT2D eigenvalue weighted by Crippen LogP contribution is -2.40. The zero-order chi connectivity index (χ0) is 21.6. The van der Waals surface area contributed by atoms with E-state index >= 15 is 0 Å². The summed E-state index contributed by atoms with van der Waals surface area (Å²) in [4.78, 5) is 15.1. The Balaban J connectivity index is 2.02. The number of aryl methyl sites for hydroxylation is 1. The van der Waals surface area contributed by atoms with Crippen molar-refractivity contribution in [2.24, 2.45) is 5.41 Å². The average Bonchev–Trinajstić information content (AvgIpc) is 2.60. The van der Waals surface area contributed by atoms with Crippen LogP contribution in [0, 0.1) is 12.3 Å². The van der Waals surface area contributed by atoms with Gasteiger partial charge in [-0.25, -0.2) is 0 Å². The molecule has 1 aliphatic rings. The van der Waals surface area contributed by atoms with Gasteiger partial charge in [-0.05, 0) is 64.5 Å². The molecule has 1 aromatic carbocycles. The smallest absolute Gasteiger partial charge is 0.200 e. The number of hydrogen-bond acceptors (Lipinski definition) is 5. The lowest BCUT2D eigenvalue weighted by atomic mass is 9.83. The Morgan fingerprint density at radius 1 is 1.21 bits per heavy atom. The molecule has 0 amide bonds. The third-order valence-corrected chi connectivity index (χ3v) is 7.40. The van der Waals surface area contributed by atoms with Crippen molar-refractivity contribution in [3.8, 4) is 0 Å². The first-order chi connectivity index (χ1) is 13.4. The number of benzene rings is 1. The van der Waals surface area contributed by atoms with Gasteiger partial charge in [0.25, 0.3) is 0 Å². The highest BCUT2D eigenvalue weighted by Gasteiger charge is 2.30. The maximum atomic E-state index is 12.9. The van der Waals surface area contributed by atoms with Gasteiger partial charge in [-0.1, -0.05) is 19.9 Å². The summed E-state index contributed by atoms with van der Waals surface area (Å²) in [6.45, 7) is 16.1. The van der Waals surface area contributed by atoms with E-state index < -0.39 is 11.4 Å². The molecule has 1 aliphatic heterocycles. The van der Waals surface area contributed by atoms with E-state index in [-0.39, 0.29) is 16.2 Å². The number of nitrogens with zero attached hydrogens (tertiary/aromatic N) is 1. The van der Waals surface area contributed by atoms with Crippen molar-refractivity contribution in [3.63, 3.8) is 0 Å². The molecule has 0 spiro atoms. The van der Waals surface area contributed by atoms with Gasteiger partial charge >= 0.3 is 0 Å². The van der Waals surface area contributed by atoms with Gasteiger partial charge in [0.2, 0.25) is 0 Å². The lowest BCUT2D eigenvalue weighted by Gasteiger charge is -2.37. The molecule has 1 aromatic heterocycles. The van der Waals surface area contributed by atoms with Crippen molar-refractivity contribution in [1.29, 1.82) is 0 Å². The monoisotopic (exact) mass is 418 g/mol. The van der Waals surface area contributed by atoms with Crippen LogP contribution in [0.5, 0.6) is 0 Å². The molecule has 2 atom stereocenters. The quantitative estimate of drug-likeness (QED) is 0.720. The highest BCUT2D eigenvalue weighted by molar-refractivity contribution is 7.90. The fourth-order valence-electron chi connectivity index (χ4n) is 3.63. The van der Waals surface area contributed by atoms with Crippen LogP contribution in [0.15, 0.2) is 27.4 Å². The first-order valence-corrected chi connectivity index (χ1v) is 11.5. The van der Waals surface area contributed by atoms with Crippen molar-refractivity contribution in [2.45, 2.75) is 72.1 Å². The third-order valence-electron chi connectivity index (χ3n) is 5.72. The second-order valence-electron chi connectivity index (χ2n) is 10.1. The lowest BCUT2D eigenvalue weighted by molar-refractivity contribution is 0.274. The molecule has 0 bridgehead atoms. The van der Waals surface area contributed by atoms with E-state index in [1.54, 1.807) is 6.07 Å². The summed E-state index contributed by atoms with van der Waals surface area (Å²) >= 11 is -1.22. The molecule has 6 heteroatoms. The Bertz CT molecular complexity index is 936.